The maximum atomic E-state index is 12.6. The topological polar surface area (TPSA) is 69.7 Å². The van der Waals surface area contributed by atoms with E-state index in [4.69, 9.17) is 9.47 Å². The minimum Gasteiger partial charge on any atom is -0.465 e. The Labute approximate surface area is 199 Å². The van der Waals surface area contributed by atoms with Gasteiger partial charge in [-0.3, -0.25) is 14.4 Å². The number of rotatable bonds is 4. The number of ether oxygens (including phenoxy) is 2. The van der Waals surface area contributed by atoms with E-state index in [1.165, 1.54) is 6.92 Å². The van der Waals surface area contributed by atoms with Crippen molar-refractivity contribution in [3.63, 3.8) is 0 Å². The molecule has 0 radical (unpaired) electrons. The molecular weight excluding hydrogens is 416 g/mol. The van der Waals surface area contributed by atoms with E-state index in [9.17, 15) is 14.4 Å². The monoisotopic (exact) mass is 458 g/mol. The average Bonchev–Trinajstić information content (AvgIpc) is 3.09. The second-order valence-corrected chi connectivity index (χ2v) is 12.5. The third-order valence-electron chi connectivity index (χ3n) is 9.60. The van der Waals surface area contributed by atoms with Crippen LogP contribution in [0.4, 0.5) is 0 Å². The van der Waals surface area contributed by atoms with E-state index in [0.29, 0.717) is 43.0 Å². The van der Waals surface area contributed by atoms with Crippen molar-refractivity contribution >= 4 is 17.7 Å². The van der Waals surface area contributed by atoms with Gasteiger partial charge >= 0.3 is 11.9 Å². The molecule has 0 spiro atoms. The molecule has 0 unspecified atom stereocenters. The van der Waals surface area contributed by atoms with Crippen LogP contribution in [-0.4, -0.2) is 30.4 Å². The van der Waals surface area contributed by atoms with Crippen LogP contribution < -0.4 is 0 Å². The molecule has 184 valence electrons. The summed E-state index contributed by atoms with van der Waals surface area (Å²) in [5.74, 6) is 1.07. The average molecular weight is 459 g/mol. The molecule has 0 aromatic carbocycles. The first-order valence-electron chi connectivity index (χ1n) is 13.0. The molecule has 3 fully saturated rings. The first kappa shape index (κ1) is 24.5. The van der Waals surface area contributed by atoms with Gasteiger partial charge in [-0.15, -0.1) is 0 Å². The standard InChI is InChI=1S/C28H42O5/c1-17(33-25(31)26(3,4)5)22-9-10-23-21-8-7-19-15-20(30)11-14-28(19,16-32-18(2)29)24(21)12-13-27(22,23)6/h17,19,22,24H,7-16H2,1-6H3/t17-,19+,22+,24-,27+,28+/m0/s1. The van der Waals surface area contributed by atoms with Crippen molar-refractivity contribution in [2.24, 2.45) is 34.0 Å². The minimum absolute atomic E-state index is 0.0589. The molecule has 33 heavy (non-hydrogen) atoms. The van der Waals surface area contributed by atoms with Gasteiger partial charge in [0, 0.05) is 31.1 Å². The van der Waals surface area contributed by atoms with Crippen molar-refractivity contribution in [2.45, 2.75) is 105 Å². The molecule has 0 aromatic heterocycles. The normalized spacial score (nSPS) is 37.0. The molecule has 5 nitrogen and oxygen atoms in total. The van der Waals surface area contributed by atoms with Crippen molar-refractivity contribution in [3.8, 4) is 0 Å². The maximum Gasteiger partial charge on any atom is 0.311 e. The number of hydrogen-bond acceptors (Lipinski definition) is 5. The van der Waals surface area contributed by atoms with Crippen LogP contribution in [0.5, 0.6) is 0 Å². The van der Waals surface area contributed by atoms with E-state index in [1.807, 2.05) is 20.8 Å². The lowest BCUT2D eigenvalue weighted by molar-refractivity contribution is -0.163. The SMILES string of the molecule is CC(=O)OC[C@]12CCC(=O)C[C@H]1CCC1=C3CC[C@H]([C@H](C)OC(=O)C(C)(C)C)[C@@]3(C)CC[C@@H]12. The van der Waals surface area contributed by atoms with E-state index in [1.54, 1.807) is 11.1 Å². The summed E-state index contributed by atoms with van der Waals surface area (Å²) in [6.07, 6.45) is 8.31. The van der Waals surface area contributed by atoms with E-state index < -0.39 is 5.41 Å². The quantitative estimate of drug-likeness (QED) is 0.393. The minimum atomic E-state index is -0.493. The Hall–Kier alpha value is -1.65. The molecule has 4 rings (SSSR count). The third-order valence-corrected chi connectivity index (χ3v) is 9.60. The summed E-state index contributed by atoms with van der Waals surface area (Å²) < 4.78 is 11.6. The molecule has 0 N–H and O–H groups in total. The molecule has 4 aliphatic carbocycles. The lowest BCUT2D eigenvalue weighted by atomic mass is 9.48. The number of carbonyl (C=O) groups is 3. The summed E-state index contributed by atoms with van der Waals surface area (Å²) in [4.78, 5) is 36.6. The van der Waals surface area contributed by atoms with Gasteiger partial charge in [-0.25, -0.2) is 0 Å². The summed E-state index contributed by atoms with van der Waals surface area (Å²) in [6.45, 7) is 12.1. The van der Waals surface area contributed by atoms with Crippen LogP contribution in [0.2, 0.25) is 0 Å². The van der Waals surface area contributed by atoms with Gasteiger partial charge in [0.2, 0.25) is 0 Å². The fourth-order valence-electron chi connectivity index (χ4n) is 7.82. The highest BCUT2D eigenvalue weighted by Crippen LogP contribution is 2.65. The maximum absolute atomic E-state index is 12.6. The number of Topliss-reactive ketones (excluding diaryl/α,β-unsaturated/α-hetero) is 1. The smallest absolute Gasteiger partial charge is 0.311 e. The van der Waals surface area contributed by atoms with Crippen molar-refractivity contribution in [3.05, 3.63) is 11.1 Å². The molecule has 0 heterocycles. The van der Waals surface area contributed by atoms with E-state index in [2.05, 4.69) is 13.8 Å². The van der Waals surface area contributed by atoms with Crippen LogP contribution >= 0.6 is 0 Å². The molecular formula is C28H42O5. The molecule has 0 bridgehead atoms. The Bertz CT molecular complexity index is 864. The van der Waals surface area contributed by atoms with Gasteiger partial charge in [0.1, 0.15) is 11.9 Å². The zero-order valence-corrected chi connectivity index (χ0v) is 21.4. The Kier molecular flexibility index (Phi) is 6.33. The zero-order valence-electron chi connectivity index (χ0n) is 21.4. The lowest BCUT2D eigenvalue weighted by Gasteiger charge is -2.56. The van der Waals surface area contributed by atoms with Crippen LogP contribution in [-0.2, 0) is 23.9 Å². The third kappa shape index (κ3) is 4.18. The number of allylic oxidation sites excluding steroid dienone is 2. The van der Waals surface area contributed by atoms with Gasteiger partial charge in [0.15, 0.2) is 0 Å². The molecule has 5 heteroatoms. The second kappa shape index (κ2) is 8.53. The number of esters is 2. The van der Waals surface area contributed by atoms with E-state index >= 15 is 0 Å². The van der Waals surface area contributed by atoms with Gasteiger partial charge in [0.25, 0.3) is 0 Å². The summed E-state index contributed by atoms with van der Waals surface area (Å²) in [5.41, 5.74) is 2.64. The van der Waals surface area contributed by atoms with Crippen molar-refractivity contribution in [1.82, 2.24) is 0 Å². The highest BCUT2D eigenvalue weighted by atomic mass is 16.5. The number of fused-ring (bicyclic) bond motifs is 4. The Morgan fingerprint density at radius 2 is 1.82 bits per heavy atom. The fourth-order valence-corrected chi connectivity index (χ4v) is 7.82. The van der Waals surface area contributed by atoms with Crippen molar-refractivity contribution in [1.29, 1.82) is 0 Å². The molecule has 0 aliphatic heterocycles. The molecule has 4 aliphatic rings. The molecule has 0 aromatic rings. The molecule has 6 atom stereocenters. The van der Waals surface area contributed by atoms with Crippen LogP contribution in [0, 0.1) is 34.0 Å². The number of ketones is 1. The summed E-state index contributed by atoms with van der Waals surface area (Å²) in [6, 6.07) is 0. The number of carbonyl (C=O) groups excluding carboxylic acids is 3. The van der Waals surface area contributed by atoms with Crippen molar-refractivity contribution < 1.29 is 23.9 Å². The second-order valence-electron chi connectivity index (χ2n) is 12.5. The summed E-state index contributed by atoms with van der Waals surface area (Å²) in [7, 11) is 0. The first-order chi connectivity index (χ1) is 15.4. The Morgan fingerprint density at radius 3 is 2.48 bits per heavy atom. The summed E-state index contributed by atoms with van der Waals surface area (Å²) >= 11 is 0. The Morgan fingerprint density at radius 1 is 1.09 bits per heavy atom. The lowest BCUT2D eigenvalue weighted by Crippen LogP contribution is -2.52. The predicted octanol–water partition coefficient (Wildman–Crippen LogP) is 5.80. The van der Waals surface area contributed by atoms with Crippen molar-refractivity contribution in [2.75, 3.05) is 6.61 Å². The summed E-state index contributed by atoms with van der Waals surface area (Å²) in [5, 5.41) is 0. The zero-order chi connectivity index (χ0) is 24.2. The molecule has 0 amide bonds. The number of hydrogen-bond donors (Lipinski definition) is 0. The van der Waals surface area contributed by atoms with Gasteiger partial charge < -0.3 is 9.47 Å². The van der Waals surface area contributed by atoms with Crippen LogP contribution in [0.1, 0.15) is 99.3 Å². The van der Waals surface area contributed by atoms with Crippen LogP contribution in [0.15, 0.2) is 11.1 Å². The Balaban J connectivity index is 1.63. The van der Waals surface area contributed by atoms with E-state index in [0.717, 1.165) is 44.9 Å². The van der Waals surface area contributed by atoms with E-state index in [-0.39, 0.29) is 28.9 Å². The first-order valence-corrected chi connectivity index (χ1v) is 13.0. The van der Waals surface area contributed by atoms with Gasteiger partial charge in [0.05, 0.1) is 12.0 Å². The highest BCUT2D eigenvalue weighted by molar-refractivity contribution is 5.80. The molecule has 3 saturated carbocycles. The fraction of sp³-hybridized carbons (Fsp3) is 0.821. The van der Waals surface area contributed by atoms with Crippen LogP contribution in [0.3, 0.4) is 0 Å². The van der Waals surface area contributed by atoms with Gasteiger partial charge in [-0.2, -0.15) is 0 Å². The predicted molar refractivity (Wildman–Crippen MR) is 126 cm³/mol. The highest BCUT2D eigenvalue weighted by Gasteiger charge is 2.58. The largest absolute Gasteiger partial charge is 0.465 e. The molecule has 0 saturated heterocycles. The van der Waals surface area contributed by atoms with Gasteiger partial charge in [-0.1, -0.05) is 18.1 Å². The van der Waals surface area contributed by atoms with Crippen LogP contribution in [0.25, 0.3) is 0 Å². The van der Waals surface area contributed by atoms with Gasteiger partial charge in [-0.05, 0) is 89.9 Å².